The molecule has 17 heavy (non-hydrogen) atoms. The predicted octanol–water partition coefficient (Wildman–Crippen LogP) is 3.46. The van der Waals surface area contributed by atoms with Gasteiger partial charge in [-0.05, 0) is 23.7 Å². The minimum absolute atomic E-state index is 0.0164. The molecule has 0 aliphatic carbocycles. The Labute approximate surface area is 106 Å². The van der Waals surface area contributed by atoms with E-state index in [-0.39, 0.29) is 16.0 Å². The van der Waals surface area contributed by atoms with Crippen LogP contribution in [0, 0.1) is 17.1 Å². The van der Waals surface area contributed by atoms with Gasteiger partial charge in [0.15, 0.2) is 0 Å². The molecule has 3 nitrogen and oxygen atoms in total. The molecule has 0 saturated heterocycles. The summed E-state index contributed by atoms with van der Waals surface area (Å²) in [7, 11) is 0. The zero-order valence-electron chi connectivity index (χ0n) is 8.28. The van der Waals surface area contributed by atoms with Gasteiger partial charge in [-0.1, -0.05) is 17.7 Å². The van der Waals surface area contributed by atoms with Crippen LogP contribution in [0.1, 0.15) is 5.56 Å². The van der Waals surface area contributed by atoms with Crippen LogP contribution in [0.4, 0.5) is 4.39 Å². The highest BCUT2D eigenvalue weighted by atomic mass is 35.5. The molecule has 0 bridgehead atoms. The fraction of sp³-hybridized carbons (Fsp3) is 0. The highest BCUT2D eigenvalue weighted by Gasteiger charge is 2.07. The van der Waals surface area contributed by atoms with Crippen LogP contribution in [0.5, 0.6) is 0 Å². The second-order valence-electron chi connectivity index (χ2n) is 3.15. The largest absolute Gasteiger partial charge is 0.224 e. The third-order valence-electron chi connectivity index (χ3n) is 2.05. The summed E-state index contributed by atoms with van der Waals surface area (Å²) in [6.45, 7) is 0. The first kappa shape index (κ1) is 11.8. The fourth-order valence-electron chi connectivity index (χ4n) is 1.30. The molecule has 0 spiro atoms. The summed E-state index contributed by atoms with van der Waals surface area (Å²) in [6.07, 6.45) is 0. The average molecular weight is 268 g/mol. The van der Waals surface area contributed by atoms with Crippen LogP contribution in [-0.4, -0.2) is 9.97 Å². The Balaban J connectivity index is 2.54. The summed E-state index contributed by atoms with van der Waals surface area (Å²) in [5.74, 6) is -0.615. The third-order valence-corrected chi connectivity index (χ3v) is 2.42. The maximum atomic E-state index is 13.4. The summed E-state index contributed by atoms with van der Waals surface area (Å²) in [6, 6.07) is 7.34. The van der Waals surface area contributed by atoms with Gasteiger partial charge in [-0.15, -0.1) is 0 Å². The van der Waals surface area contributed by atoms with Crippen LogP contribution in [0.3, 0.4) is 0 Å². The predicted molar refractivity (Wildman–Crippen MR) is 62.2 cm³/mol. The summed E-state index contributed by atoms with van der Waals surface area (Å²) < 4.78 is 13.4. The number of hydrogen-bond acceptors (Lipinski definition) is 3. The molecule has 84 valence electrons. The van der Waals surface area contributed by atoms with E-state index in [1.165, 1.54) is 18.2 Å². The second-order valence-corrected chi connectivity index (χ2v) is 3.88. The first-order valence-corrected chi connectivity index (χ1v) is 5.26. The summed E-state index contributed by atoms with van der Waals surface area (Å²) in [5, 5.41) is 8.76. The van der Waals surface area contributed by atoms with Gasteiger partial charge >= 0.3 is 0 Å². The van der Waals surface area contributed by atoms with Crippen molar-refractivity contribution in [3.63, 3.8) is 0 Å². The van der Waals surface area contributed by atoms with E-state index in [0.717, 1.165) is 0 Å². The Kier molecular flexibility index (Phi) is 3.23. The highest BCUT2D eigenvalue weighted by Crippen LogP contribution is 2.23. The van der Waals surface area contributed by atoms with Crippen LogP contribution < -0.4 is 0 Å². The number of rotatable bonds is 1. The molecule has 0 unspecified atom stereocenters. The topological polar surface area (TPSA) is 49.6 Å². The number of halogens is 3. The molecule has 0 amide bonds. The third kappa shape index (κ3) is 2.52. The monoisotopic (exact) mass is 267 g/mol. The number of benzene rings is 1. The highest BCUT2D eigenvalue weighted by molar-refractivity contribution is 6.32. The van der Waals surface area contributed by atoms with E-state index in [1.807, 2.05) is 0 Å². The molecule has 2 rings (SSSR count). The number of nitrogens with zero attached hydrogens (tertiary/aromatic N) is 3. The molecule has 1 heterocycles. The Bertz CT molecular complexity index is 602. The van der Waals surface area contributed by atoms with E-state index < -0.39 is 5.82 Å². The van der Waals surface area contributed by atoms with E-state index in [0.29, 0.717) is 11.3 Å². The maximum absolute atomic E-state index is 13.4. The van der Waals surface area contributed by atoms with Crippen LogP contribution >= 0.6 is 23.2 Å². The molecule has 6 heteroatoms. The van der Waals surface area contributed by atoms with Crippen molar-refractivity contribution >= 4 is 23.2 Å². The summed E-state index contributed by atoms with van der Waals surface area (Å²) in [5.41, 5.74) is 0.853. The van der Waals surface area contributed by atoms with Crippen LogP contribution in [0.2, 0.25) is 10.4 Å². The van der Waals surface area contributed by atoms with E-state index in [4.69, 9.17) is 28.5 Å². The number of hydrogen-bond donors (Lipinski definition) is 0. The van der Waals surface area contributed by atoms with Gasteiger partial charge in [0.25, 0.3) is 0 Å². The zero-order chi connectivity index (χ0) is 12.4. The van der Waals surface area contributed by atoms with Crippen molar-refractivity contribution in [2.24, 2.45) is 0 Å². The van der Waals surface area contributed by atoms with Gasteiger partial charge in [0.2, 0.25) is 5.28 Å². The molecule has 0 atom stereocenters. The molecule has 1 aromatic heterocycles. The molecule has 0 radical (unpaired) electrons. The van der Waals surface area contributed by atoms with Crippen LogP contribution in [0.15, 0.2) is 24.3 Å². The smallest absolute Gasteiger partial charge is 0.218 e. The van der Waals surface area contributed by atoms with Crippen molar-refractivity contribution in [3.05, 3.63) is 46.1 Å². The van der Waals surface area contributed by atoms with Gasteiger partial charge in [0, 0.05) is 11.6 Å². The minimum atomic E-state index is -0.615. The first-order chi connectivity index (χ1) is 8.10. The van der Waals surface area contributed by atoms with E-state index in [9.17, 15) is 4.39 Å². The lowest BCUT2D eigenvalue weighted by Crippen LogP contribution is -1.90. The van der Waals surface area contributed by atoms with Gasteiger partial charge in [-0.2, -0.15) is 5.26 Å². The summed E-state index contributed by atoms with van der Waals surface area (Å²) >= 11 is 11.4. The van der Waals surface area contributed by atoms with Crippen molar-refractivity contribution in [2.75, 3.05) is 0 Å². The van der Waals surface area contributed by atoms with Crippen molar-refractivity contribution in [1.29, 1.82) is 5.26 Å². The van der Waals surface area contributed by atoms with Gasteiger partial charge in [-0.25, -0.2) is 14.4 Å². The Morgan fingerprint density at radius 2 is 1.94 bits per heavy atom. The van der Waals surface area contributed by atoms with Gasteiger partial charge < -0.3 is 0 Å². The minimum Gasteiger partial charge on any atom is -0.218 e. The fourth-order valence-corrected chi connectivity index (χ4v) is 1.71. The molecular weight excluding hydrogens is 264 g/mol. The van der Waals surface area contributed by atoms with Crippen LogP contribution in [-0.2, 0) is 0 Å². The average Bonchev–Trinajstić information content (AvgIpc) is 2.27. The molecular formula is C11H4Cl2FN3. The van der Waals surface area contributed by atoms with Crippen molar-refractivity contribution in [3.8, 4) is 17.3 Å². The Morgan fingerprint density at radius 3 is 2.53 bits per heavy atom. The molecule has 0 fully saturated rings. The lowest BCUT2D eigenvalue weighted by Gasteiger charge is -2.02. The van der Waals surface area contributed by atoms with Gasteiger partial charge in [-0.3, -0.25) is 0 Å². The SMILES string of the molecule is N#Cc1ccc(-c2cc(Cl)nc(Cl)n2)cc1F. The lowest BCUT2D eigenvalue weighted by atomic mass is 10.1. The standard InChI is InChI=1S/C11H4Cl2FN3/c12-10-4-9(16-11(13)17-10)6-1-2-7(5-15)8(14)3-6/h1-4H. The van der Waals surface area contributed by atoms with Gasteiger partial charge in [0.05, 0.1) is 11.3 Å². The van der Waals surface area contributed by atoms with Crippen molar-refractivity contribution < 1.29 is 4.39 Å². The normalized spacial score (nSPS) is 10.0. The molecule has 0 saturated carbocycles. The maximum Gasteiger partial charge on any atom is 0.224 e. The number of aromatic nitrogens is 2. The Morgan fingerprint density at radius 1 is 1.18 bits per heavy atom. The van der Waals surface area contributed by atoms with E-state index >= 15 is 0 Å². The van der Waals surface area contributed by atoms with Crippen molar-refractivity contribution in [1.82, 2.24) is 9.97 Å². The molecule has 2 aromatic rings. The van der Waals surface area contributed by atoms with Crippen molar-refractivity contribution in [2.45, 2.75) is 0 Å². The van der Waals surface area contributed by atoms with E-state index in [1.54, 1.807) is 12.1 Å². The summed E-state index contributed by atoms with van der Waals surface area (Å²) in [4.78, 5) is 7.61. The number of nitriles is 1. The molecule has 0 aliphatic heterocycles. The molecule has 0 aliphatic rings. The lowest BCUT2D eigenvalue weighted by molar-refractivity contribution is 0.624. The zero-order valence-corrected chi connectivity index (χ0v) is 9.80. The molecule has 0 N–H and O–H groups in total. The van der Waals surface area contributed by atoms with Crippen LogP contribution in [0.25, 0.3) is 11.3 Å². The Hall–Kier alpha value is -1.70. The van der Waals surface area contributed by atoms with E-state index in [2.05, 4.69) is 9.97 Å². The first-order valence-electron chi connectivity index (χ1n) is 4.50. The molecule has 1 aromatic carbocycles. The second kappa shape index (κ2) is 4.66. The quantitative estimate of drug-likeness (QED) is 0.587. The van der Waals surface area contributed by atoms with Gasteiger partial charge in [0.1, 0.15) is 17.0 Å².